The summed E-state index contributed by atoms with van der Waals surface area (Å²) in [5.74, 6) is -0.483. The Morgan fingerprint density at radius 1 is 1.44 bits per heavy atom. The zero-order valence-corrected chi connectivity index (χ0v) is 9.28. The predicted molar refractivity (Wildman–Crippen MR) is 60.9 cm³/mol. The van der Waals surface area contributed by atoms with Crippen LogP contribution < -0.4 is 0 Å². The Labute approximate surface area is 97.3 Å². The first-order valence-electron chi connectivity index (χ1n) is 4.67. The smallest absolute Gasteiger partial charge is 0.336 e. The highest BCUT2D eigenvalue weighted by Gasteiger charge is 2.17. The van der Waals surface area contributed by atoms with Gasteiger partial charge in [0, 0.05) is 10.6 Å². The van der Waals surface area contributed by atoms with Gasteiger partial charge in [-0.1, -0.05) is 11.6 Å². The van der Waals surface area contributed by atoms with Gasteiger partial charge in [-0.25, -0.2) is 4.79 Å². The van der Waals surface area contributed by atoms with Crippen LogP contribution in [0.4, 0.5) is 0 Å². The third kappa shape index (κ3) is 1.82. The summed E-state index contributed by atoms with van der Waals surface area (Å²) in [6.07, 6.45) is 1.51. The topological polar surface area (TPSA) is 50.4 Å². The van der Waals surface area contributed by atoms with E-state index in [1.807, 2.05) is 0 Å². The molecule has 82 valence electrons. The highest BCUT2D eigenvalue weighted by Crippen LogP contribution is 2.30. The zero-order valence-electron chi connectivity index (χ0n) is 8.53. The fourth-order valence-electron chi connectivity index (χ4n) is 1.66. The van der Waals surface area contributed by atoms with Crippen molar-refractivity contribution in [1.82, 2.24) is 0 Å². The molecule has 1 aromatic carbocycles. The van der Waals surface area contributed by atoms with Gasteiger partial charge in [-0.15, -0.1) is 0 Å². The molecule has 3 nitrogen and oxygen atoms in total. The number of hydrogen-bond acceptors (Lipinski definition) is 2. The number of furan rings is 1. The molecule has 0 aliphatic heterocycles. The van der Waals surface area contributed by atoms with Gasteiger partial charge < -0.3 is 9.52 Å². The lowest BCUT2D eigenvalue weighted by Crippen LogP contribution is -2.01. The first-order chi connectivity index (χ1) is 7.59. The van der Waals surface area contributed by atoms with E-state index in [2.05, 4.69) is 0 Å². The summed E-state index contributed by atoms with van der Waals surface area (Å²) >= 11 is 5.83. The van der Waals surface area contributed by atoms with Crippen LogP contribution in [0, 0.1) is 6.92 Å². The van der Waals surface area contributed by atoms with Gasteiger partial charge in [0.05, 0.1) is 11.8 Å². The van der Waals surface area contributed by atoms with Crippen LogP contribution in [-0.2, 0) is 0 Å². The Hall–Kier alpha value is -1.74. The number of halogens is 1. The Morgan fingerprint density at radius 2 is 2.19 bits per heavy atom. The van der Waals surface area contributed by atoms with Crippen LogP contribution >= 0.6 is 11.6 Å². The molecule has 0 amide bonds. The summed E-state index contributed by atoms with van der Waals surface area (Å²) in [7, 11) is 0. The number of rotatable bonds is 2. The molecule has 0 spiro atoms. The van der Waals surface area contributed by atoms with Crippen molar-refractivity contribution in [3.05, 3.63) is 46.7 Å². The van der Waals surface area contributed by atoms with Gasteiger partial charge >= 0.3 is 5.97 Å². The second-order valence-electron chi connectivity index (χ2n) is 3.43. The molecule has 0 aliphatic carbocycles. The Balaban J connectivity index is 2.72. The van der Waals surface area contributed by atoms with Crippen molar-refractivity contribution >= 4 is 17.6 Å². The van der Waals surface area contributed by atoms with E-state index in [9.17, 15) is 4.79 Å². The zero-order chi connectivity index (χ0) is 11.7. The van der Waals surface area contributed by atoms with E-state index >= 15 is 0 Å². The molecule has 0 fully saturated rings. The molecule has 4 heteroatoms. The largest absolute Gasteiger partial charge is 0.478 e. The van der Waals surface area contributed by atoms with Gasteiger partial charge in [0.25, 0.3) is 0 Å². The molecule has 0 radical (unpaired) electrons. The number of carboxylic acids is 1. The minimum atomic E-state index is -1.02. The summed E-state index contributed by atoms with van der Waals surface area (Å²) in [6.45, 7) is 1.80. The van der Waals surface area contributed by atoms with Crippen LogP contribution in [0.15, 0.2) is 34.9 Å². The minimum absolute atomic E-state index is 0.153. The predicted octanol–water partition coefficient (Wildman–Crippen LogP) is 3.61. The van der Waals surface area contributed by atoms with E-state index in [1.54, 1.807) is 25.1 Å². The molecule has 0 aliphatic rings. The SMILES string of the molecule is Cc1cc(Cl)cc(C(=O)O)c1-c1ccco1. The average Bonchev–Trinajstić information content (AvgIpc) is 2.69. The van der Waals surface area contributed by atoms with Crippen LogP contribution in [0.5, 0.6) is 0 Å². The summed E-state index contributed by atoms with van der Waals surface area (Å²) < 4.78 is 5.22. The minimum Gasteiger partial charge on any atom is -0.478 e. The third-order valence-electron chi connectivity index (χ3n) is 2.30. The van der Waals surface area contributed by atoms with Crippen molar-refractivity contribution in [2.45, 2.75) is 6.92 Å². The van der Waals surface area contributed by atoms with Crippen molar-refractivity contribution < 1.29 is 14.3 Å². The van der Waals surface area contributed by atoms with Crippen molar-refractivity contribution in [3.63, 3.8) is 0 Å². The maximum atomic E-state index is 11.1. The van der Waals surface area contributed by atoms with Crippen LogP contribution in [0.1, 0.15) is 15.9 Å². The van der Waals surface area contributed by atoms with Crippen LogP contribution in [0.2, 0.25) is 5.02 Å². The van der Waals surface area contributed by atoms with Crippen molar-refractivity contribution in [2.24, 2.45) is 0 Å². The highest BCUT2D eigenvalue weighted by molar-refractivity contribution is 6.31. The second-order valence-corrected chi connectivity index (χ2v) is 3.86. The standard InChI is InChI=1S/C12H9ClO3/c1-7-5-8(13)6-9(12(14)15)11(7)10-3-2-4-16-10/h2-6H,1H3,(H,14,15). The van der Waals surface area contributed by atoms with Gasteiger partial charge in [-0.05, 0) is 36.8 Å². The Morgan fingerprint density at radius 3 is 2.75 bits per heavy atom. The Kier molecular flexibility index (Phi) is 2.71. The summed E-state index contributed by atoms with van der Waals surface area (Å²) in [6, 6.07) is 6.58. The maximum absolute atomic E-state index is 11.1. The molecule has 1 N–H and O–H groups in total. The first kappa shape index (κ1) is 10.8. The quantitative estimate of drug-likeness (QED) is 0.867. The van der Waals surface area contributed by atoms with Gasteiger partial charge in [0.2, 0.25) is 0 Å². The fourth-order valence-corrected chi connectivity index (χ4v) is 1.93. The van der Waals surface area contributed by atoms with E-state index in [4.69, 9.17) is 21.1 Å². The van der Waals surface area contributed by atoms with Gasteiger partial charge in [0.1, 0.15) is 5.76 Å². The van der Waals surface area contributed by atoms with Gasteiger partial charge in [-0.2, -0.15) is 0 Å². The average molecular weight is 237 g/mol. The van der Waals surface area contributed by atoms with Crippen molar-refractivity contribution in [3.8, 4) is 11.3 Å². The van der Waals surface area contributed by atoms with Crippen LogP contribution in [-0.4, -0.2) is 11.1 Å². The lowest BCUT2D eigenvalue weighted by Gasteiger charge is -2.07. The number of carbonyl (C=O) groups is 1. The van der Waals surface area contributed by atoms with E-state index in [-0.39, 0.29) is 5.56 Å². The molecule has 16 heavy (non-hydrogen) atoms. The Bertz CT molecular complexity index is 529. The normalized spacial score (nSPS) is 10.4. The van der Waals surface area contributed by atoms with E-state index < -0.39 is 5.97 Å². The molecule has 0 saturated carbocycles. The highest BCUT2D eigenvalue weighted by atomic mass is 35.5. The van der Waals surface area contributed by atoms with Crippen molar-refractivity contribution in [1.29, 1.82) is 0 Å². The fraction of sp³-hybridized carbons (Fsp3) is 0.0833. The number of aryl methyl sites for hydroxylation is 1. The molecule has 0 unspecified atom stereocenters. The molecule has 2 aromatic rings. The van der Waals surface area contributed by atoms with E-state index in [0.717, 1.165) is 5.56 Å². The molecule has 2 rings (SSSR count). The summed E-state index contributed by atoms with van der Waals surface area (Å²) in [5, 5.41) is 9.52. The molecule has 0 bridgehead atoms. The molecule has 1 aromatic heterocycles. The molecule has 0 saturated heterocycles. The number of aromatic carboxylic acids is 1. The van der Waals surface area contributed by atoms with Crippen LogP contribution in [0.3, 0.4) is 0 Å². The number of carboxylic acid groups (broad SMARTS) is 1. The monoisotopic (exact) mass is 236 g/mol. The van der Waals surface area contributed by atoms with Crippen molar-refractivity contribution in [2.75, 3.05) is 0 Å². The lowest BCUT2D eigenvalue weighted by molar-refractivity contribution is 0.0697. The molecular formula is C12H9ClO3. The molecule has 0 atom stereocenters. The van der Waals surface area contributed by atoms with E-state index in [1.165, 1.54) is 12.3 Å². The maximum Gasteiger partial charge on any atom is 0.336 e. The summed E-state index contributed by atoms with van der Waals surface area (Å²) in [4.78, 5) is 11.1. The van der Waals surface area contributed by atoms with Gasteiger partial charge in [0.15, 0.2) is 0 Å². The molecule has 1 heterocycles. The molecular weight excluding hydrogens is 228 g/mol. The number of benzene rings is 1. The third-order valence-corrected chi connectivity index (χ3v) is 2.52. The lowest BCUT2D eigenvalue weighted by atomic mass is 10.00. The van der Waals surface area contributed by atoms with E-state index in [0.29, 0.717) is 16.3 Å². The number of hydrogen-bond donors (Lipinski definition) is 1. The van der Waals surface area contributed by atoms with Gasteiger partial charge in [-0.3, -0.25) is 0 Å². The first-order valence-corrected chi connectivity index (χ1v) is 5.04. The second kappa shape index (κ2) is 4.02. The summed E-state index contributed by atoms with van der Waals surface area (Å²) in [5.41, 5.74) is 1.50. The van der Waals surface area contributed by atoms with Crippen LogP contribution in [0.25, 0.3) is 11.3 Å².